The molecule has 0 aliphatic rings. The first-order chi connectivity index (χ1) is 12.7. The van der Waals surface area contributed by atoms with E-state index < -0.39 is 27.9 Å². The average Bonchev–Trinajstić information content (AvgIpc) is 2.62. The van der Waals surface area contributed by atoms with Crippen molar-refractivity contribution in [3.05, 3.63) is 59.4 Å². The van der Waals surface area contributed by atoms with Gasteiger partial charge in [-0.15, -0.1) is 0 Å². The quantitative estimate of drug-likeness (QED) is 0.681. The van der Waals surface area contributed by atoms with Crippen molar-refractivity contribution in [2.75, 3.05) is 7.11 Å². The molecule has 146 valence electrons. The van der Waals surface area contributed by atoms with Gasteiger partial charge in [0.2, 0.25) is 10.0 Å². The Kier molecular flexibility index (Phi) is 6.92. The Labute approximate surface area is 158 Å². The number of aliphatic carboxylic acids is 1. The summed E-state index contributed by atoms with van der Waals surface area (Å²) >= 11 is 0. The Hall–Kier alpha value is -2.45. The number of halogens is 1. The molecule has 0 bridgehead atoms. The van der Waals surface area contributed by atoms with Crippen LogP contribution in [0.1, 0.15) is 24.0 Å². The summed E-state index contributed by atoms with van der Waals surface area (Å²) in [5.74, 6) is -1.80. The van der Waals surface area contributed by atoms with Crippen LogP contribution < -0.4 is 9.46 Å². The number of carboxylic acid groups (broad SMARTS) is 1. The van der Waals surface area contributed by atoms with E-state index in [1.165, 1.54) is 26.2 Å². The van der Waals surface area contributed by atoms with E-state index in [0.717, 1.165) is 5.56 Å². The lowest BCUT2D eigenvalue weighted by atomic mass is 10.0. The predicted molar refractivity (Wildman–Crippen MR) is 98.8 cm³/mol. The zero-order valence-electron chi connectivity index (χ0n) is 15.1. The summed E-state index contributed by atoms with van der Waals surface area (Å²) in [6.45, 7) is 1.36. The number of hydrogen-bond acceptors (Lipinski definition) is 4. The summed E-state index contributed by atoms with van der Waals surface area (Å²) in [5.41, 5.74) is 0.812. The van der Waals surface area contributed by atoms with Gasteiger partial charge in [0.1, 0.15) is 0 Å². The molecule has 1 unspecified atom stereocenters. The highest BCUT2D eigenvalue weighted by molar-refractivity contribution is 7.89. The molecule has 0 spiro atoms. The second kappa shape index (κ2) is 8.96. The monoisotopic (exact) mass is 395 g/mol. The first-order valence-electron chi connectivity index (χ1n) is 8.35. The first-order valence-corrected chi connectivity index (χ1v) is 9.84. The van der Waals surface area contributed by atoms with E-state index in [1.54, 1.807) is 0 Å². The van der Waals surface area contributed by atoms with Gasteiger partial charge < -0.3 is 9.84 Å². The fourth-order valence-electron chi connectivity index (χ4n) is 2.77. The maximum absolute atomic E-state index is 14.2. The van der Waals surface area contributed by atoms with Crippen LogP contribution in [0, 0.1) is 12.7 Å². The van der Waals surface area contributed by atoms with E-state index in [1.807, 2.05) is 30.3 Å². The number of ether oxygens (including phenoxy) is 1. The number of nitrogens with one attached hydrogen (secondary N) is 1. The van der Waals surface area contributed by atoms with Gasteiger partial charge >= 0.3 is 5.97 Å². The molecule has 0 aliphatic carbocycles. The van der Waals surface area contributed by atoms with Crippen molar-refractivity contribution in [2.24, 2.45) is 0 Å². The predicted octanol–water partition coefficient (Wildman–Crippen LogP) is 2.90. The molecule has 8 heteroatoms. The van der Waals surface area contributed by atoms with Crippen molar-refractivity contribution in [3.63, 3.8) is 0 Å². The van der Waals surface area contributed by atoms with E-state index in [9.17, 15) is 17.6 Å². The third-order valence-corrected chi connectivity index (χ3v) is 5.83. The van der Waals surface area contributed by atoms with Crippen LogP contribution in [0.3, 0.4) is 0 Å². The molecular weight excluding hydrogens is 373 g/mol. The van der Waals surface area contributed by atoms with Crippen LogP contribution in [0.15, 0.2) is 47.4 Å². The highest BCUT2D eigenvalue weighted by atomic mass is 32.2. The molecule has 6 nitrogen and oxygen atoms in total. The number of sulfonamides is 1. The molecule has 1 atom stereocenters. The van der Waals surface area contributed by atoms with Gasteiger partial charge in [-0.1, -0.05) is 30.3 Å². The zero-order valence-corrected chi connectivity index (χ0v) is 15.9. The zero-order chi connectivity index (χ0) is 20.0. The molecule has 2 aromatic carbocycles. The molecule has 2 aromatic rings. The fourth-order valence-corrected chi connectivity index (χ4v) is 4.28. The topological polar surface area (TPSA) is 92.7 Å². The van der Waals surface area contributed by atoms with Crippen LogP contribution in [0.2, 0.25) is 0 Å². The molecule has 0 aromatic heterocycles. The molecule has 0 amide bonds. The van der Waals surface area contributed by atoms with Gasteiger partial charge in [-0.05, 0) is 37.5 Å². The van der Waals surface area contributed by atoms with Crippen molar-refractivity contribution in [1.29, 1.82) is 0 Å². The Morgan fingerprint density at radius 2 is 1.89 bits per heavy atom. The molecule has 2 N–H and O–H groups in total. The Morgan fingerprint density at radius 1 is 1.22 bits per heavy atom. The summed E-state index contributed by atoms with van der Waals surface area (Å²) in [5, 5.41) is 8.94. The molecular formula is C19H22FNO5S. The minimum absolute atomic E-state index is 0.0434. The molecule has 27 heavy (non-hydrogen) atoms. The van der Waals surface area contributed by atoms with Gasteiger partial charge in [-0.25, -0.2) is 17.5 Å². The Bertz CT molecular complexity index is 900. The summed E-state index contributed by atoms with van der Waals surface area (Å²) in [6.07, 6.45) is 0.252. The van der Waals surface area contributed by atoms with Gasteiger partial charge in [-0.2, -0.15) is 0 Å². The van der Waals surface area contributed by atoms with E-state index in [-0.39, 0.29) is 29.1 Å². The standard InChI is InChI=1S/C19H22FNO5S/c1-13-17(10-9-16(26-2)19(13)20)27(24,25)21-15(8-11-18(22)23)12-14-6-4-3-5-7-14/h3-7,9-10,15,21H,8,11-12H2,1-2H3,(H,22,23). The van der Waals surface area contributed by atoms with Crippen molar-refractivity contribution in [3.8, 4) is 5.75 Å². The largest absolute Gasteiger partial charge is 0.494 e. The Morgan fingerprint density at radius 3 is 2.48 bits per heavy atom. The third-order valence-electron chi connectivity index (χ3n) is 4.16. The average molecular weight is 395 g/mol. The molecule has 2 rings (SSSR count). The highest BCUT2D eigenvalue weighted by Gasteiger charge is 2.25. The number of hydrogen-bond donors (Lipinski definition) is 2. The summed E-state index contributed by atoms with van der Waals surface area (Å²) in [4.78, 5) is 10.7. The molecule has 0 radical (unpaired) electrons. The maximum atomic E-state index is 14.2. The summed E-state index contributed by atoms with van der Waals surface area (Å²) < 4.78 is 47.2. The minimum Gasteiger partial charge on any atom is -0.494 e. The van der Waals surface area contributed by atoms with E-state index in [0.29, 0.717) is 6.42 Å². The van der Waals surface area contributed by atoms with Gasteiger partial charge in [0, 0.05) is 18.0 Å². The molecule has 0 saturated carbocycles. The molecule has 0 heterocycles. The second-order valence-corrected chi connectivity index (χ2v) is 7.83. The normalized spacial score (nSPS) is 12.6. The van der Waals surface area contributed by atoms with Crippen LogP contribution in [0.25, 0.3) is 0 Å². The number of rotatable bonds is 9. The van der Waals surface area contributed by atoms with E-state index in [2.05, 4.69) is 4.72 Å². The van der Waals surface area contributed by atoms with Crippen molar-refractivity contribution >= 4 is 16.0 Å². The van der Waals surface area contributed by atoms with E-state index >= 15 is 0 Å². The SMILES string of the molecule is COc1ccc(S(=O)(=O)NC(CCC(=O)O)Cc2ccccc2)c(C)c1F. The number of benzene rings is 2. The van der Waals surface area contributed by atoms with Crippen molar-refractivity contribution in [1.82, 2.24) is 4.72 Å². The first kappa shape index (κ1) is 20.9. The van der Waals surface area contributed by atoms with Crippen LogP contribution >= 0.6 is 0 Å². The molecule has 0 saturated heterocycles. The van der Waals surface area contributed by atoms with E-state index in [4.69, 9.17) is 9.84 Å². The molecule has 0 fully saturated rings. The van der Waals surface area contributed by atoms with Gasteiger partial charge in [0.15, 0.2) is 11.6 Å². The maximum Gasteiger partial charge on any atom is 0.303 e. The van der Waals surface area contributed by atoms with Crippen LogP contribution in [-0.4, -0.2) is 32.6 Å². The third kappa shape index (κ3) is 5.51. The van der Waals surface area contributed by atoms with Crippen molar-refractivity contribution in [2.45, 2.75) is 37.1 Å². The molecule has 0 aliphatic heterocycles. The van der Waals surface area contributed by atoms with Crippen LogP contribution in [0.5, 0.6) is 5.75 Å². The Balaban J connectivity index is 2.29. The summed E-state index contributed by atoms with van der Waals surface area (Å²) in [6, 6.07) is 11.0. The minimum atomic E-state index is -4.04. The summed E-state index contributed by atoms with van der Waals surface area (Å²) in [7, 11) is -2.75. The second-order valence-electron chi connectivity index (χ2n) is 6.15. The van der Waals surface area contributed by atoms with Gasteiger partial charge in [-0.3, -0.25) is 4.79 Å². The van der Waals surface area contributed by atoms with Crippen LogP contribution in [0.4, 0.5) is 4.39 Å². The lowest BCUT2D eigenvalue weighted by Gasteiger charge is -2.19. The lowest BCUT2D eigenvalue weighted by Crippen LogP contribution is -2.37. The van der Waals surface area contributed by atoms with Gasteiger partial charge in [0.25, 0.3) is 0 Å². The fraction of sp³-hybridized carbons (Fsp3) is 0.316. The highest BCUT2D eigenvalue weighted by Crippen LogP contribution is 2.26. The number of methoxy groups -OCH3 is 1. The van der Waals surface area contributed by atoms with Crippen molar-refractivity contribution < 1.29 is 27.4 Å². The lowest BCUT2D eigenvalue weighted by molar-refractivity contribution is -0.137. The number of carbonyl (C=O) groups is 1. The number of carboxylic acids is 1. The van der Waals surface area contributed by atoms with Crippen LogP contribution in [-0.2, 0) is 21.2 Å². The smallest absolute Gasteiger partial charge is 0.303 e. The van der Waals surface area contributed by atoms with Gasteiger partial charge in [0.05, 0.1) is 12.0 Å².